The molecular formula is C18H20N2O4S. The average molecular weight is 360 g/mol. The molecule has 0 radical (unpaired) electrons. The van der Waals surface area contributed by atoms with Gasteiger partial charge in [0.25, 0.3) is 5.91 Å². The highest BCUT2D eigenvalue weighted by molar-refractivity contribution is 8.04. The molecule has 2 aliphatic heterocycles. The SMILES string of the molecule is COC(=O)CCC/C=C1/SC[C@@]2(CN2C(=O)c2ccccc2)/C1=N/O. The molecule has 1 aromatic rings. The molecule has 0 saturated carbocycles. The monoisotopic (exact) mass is 360 g/mol. The second-order valence-electron chi connectivity index (χ2n) is 6.06. The molecule has 2 heterocycles. The van der Waals surface area contributed by atoms with Crippen molar-refractivity contribution < 1.29 is 19.5 Å². The van der Waals surface area contributed by atoms with Gasteiger partial charge in [-0.05, 0) is 25.0 Å². The minimum atomic E-state index is -0.499. The van der Waals surface area contributed by atoms with Gasteiger partial charge in [0, 0.05) is 22.6 Å². The highest BCUT2D eigenvalue weighted by Gasteiger charge is 2.63. The van der Waals surface area contributed by atoms with Crippen molar-refractivity contribution in [1.29, 1.82) is 0 Å². The van der Waals surface area contributed by atoms with Crippen LogP contribution in [0.4, 0.5) is 0 Å². The standard InChI is InChI=1S/C18H20N2O4S/c1-24-15(21)10-6-5-9-14-16(19-23)18(12-25-14)11-20(18)17(22)13-7-3-2-4-8-13/h2-4,7-9,23H,5-6,10-12H2,1H3/b14-9+,19-16+/t18-,20?/m0/s1. The smallest absolute Gasteiger partial charge is 0.305 e. The van der Waals surface area contributed by atoms with Gasteiger partial charge in [-0.2, -0.15) is 0 Å². The first-order valence-corrected chi connectivity index (χ1v) is 9.10. The highest BCUT2D eigenvalue weighted by Crippen LogP contribution is 2.49. The molecule has 0 bridgehead atoms. The number of rotatable bonds is 5. The van der Waals surface area contributed by atoms with E-state index in [4.69, 9.17) is 0 Å². The van der Waals surface area contributed by atoms with E-state index in [0.717, 1.165) is 4.91 Å². The Balaban J connectivity index is 1.65. The van der Waals surface area contributed by atoms with Crippen LogP contribution in [0, 0.1) is 0 Å². The Kier molecular flexibility index (Phi) is 5.13. The van der Waals surface area contributed by atoms with Crippen molar-refractivity contribution >= 4 is 29.4 Å². The fourth-order valence-corrected chi connectivity index (χ4v) is 4.38. The lowest BCUT2D eigenvalue weighted by atomic mass is 10.0. The number of unbranched alkanes of at least 4 members (excludes halogenated alkanes) is 1. The Morgan fingerprint density at radius 2 is 2.16 bits per heavy atom. The summed E-state index contributed by atoms with van der Waals surface area (Å²) in [5, 5.41) is 13.0. The van der Waals surface area contributed by atoms with E-state index in [1.807, 2.05) is 24.3 Å². The fourth-order valence-electron chi connectivity index (χ4n) is 3.00. The number of oxime groups is 1. The molecule has 0 unspecified atom stereocenters. The molecule has 3 rings (SSSR count). The number of allylic oxidation sites excluding steroid dienone is 1. The third-order valence-corrected chi connectivity index (χ3v) is 5.77. The fraction of sp³-hybridized carbons (Fsp3) is 0.389. The Bertz CT molecular complexity index is 732. The van der Waals surface area contributed by atoms with Gasteiger partial charge in [0.2, 0.25) is 0 Å². The first-order chi connectivity index (χ1) is 12.1. The first-order valence-electron chi connectivity index (χ1n) is 8.12. The summed E-state index contributed by atoms with van der Waals surface area (Å²) in [6.07, 6.45) is 3.70. The molecular weight excluding hydrogens is 340 g/mol. The number of ether oxygens (including phenoxy) is 1. The van der Waals surface area contributed by atoms with Crippen molar-refractivity contribution in [1.82, 2.24) is 4.90 Å². The van der Waals surface area contributed by atoms with Gasteiger partial charge in [0.15, 0.2) is 0 Å². The van der Waals surface area contributed by atoms with Crippen LogP contribution in [0.15, 0.2) is 46.5 Å². The minimum absolute atomic E-state index is 0.0470. The van der Waals surface area contributed by atoms with E-state index < -0.39 is 5.54 Å². The van der Waals surface area contributed by atoms with Crippen LogP contribution in [0.2, 0.25) is 0 Å². The summed E-state index contributed by atoms with van der Waals surface area (Å²) in [5.41, 5.74) is 0.692. The van der Waals surface area contributed by atoms with Crippen LogP contribution in [0.1, 0.15) is 29.6 Å². The van der Waals surface area contributed by atoms with Crippen LogP contribution < -0.4 is 0 Å². The maximum Gasteiger partial charge on any atom is 0.305 e. The van der Waals surface area contributed by atoms with Crippen molar-refractivity contribution in [2.45, 2.75) is 24.8 Å². The van der Waals surface area contributed by atoms with Gasteiger partial charge >= 0.3 is 5.97 Å². The molecule has 6 nitrogen and oxygen atoms in total. The quantitative estimate of drug-likeness (QED) is 0.287. The molecule has 132 valence electrons. The zero-order valence-corrected chi connectivity index (χ0v) is 14.8. The number of amides is 1. The lowest BCUT2D eigenvalue weighted by Crippen LogP contribution is -2.30. The molecule has 1 N–H and O–H groups in total. The third kappa shape index (κ3) is 3.42. The average Bonchev–Trinajstić information content (AvgIpc) is 3.26. The first kappa shape index (κ1) is 17.5. The van der Waals surface area contributed by atoms with Gasteiger partial charge in [-0.1, -0.05) is 29.4 Å². The van der Waals surface area contributed by atoms with Crippen LogP contribution in [-0.4, -0.2) is 52.6 Å². The molecule has 25 heavy (non-hydrogen) atoms. The number of hydrogen-bond acceptors (Lipinski definition) is 6. The Labute approximate surface area is 150 Å². The molecule has 2 fully saturated rings. The van der Waals surface area contributed by atoms with Gasteiger partial charge in [0.05, 0.1) is 13.7 Å². The summed E-state index contributed by atoms with van der Waals surface area (Å²) in [6, 6.07) is 9.11. The van der Waals surface area contributed by atoms with E-state index in [2.05, 4.69) is 9.89 Å². The Morgan fingerprint density at radius 3 is 2.84 bits per heavy atom. The molecule has 0 aromatic heterocycles. The van der Waals surface area contributed by atoms with Crippen LogP contribution in [0.5, 0.6) is 0 Å². The van der Waals surface area contributed by atoms with E-state index in [9.17, 15) is 14.8 Å². The zero-order valence-electron chi connectivity index (χ0n) is 14.0. The maximum absolute atomic E-state index is 12.6. The van der Waals surface area contributed by atoms with Crippen LogP contribution in [0.3, 0.4) is 0 Å². The number of benzene rings is 1. The second-order valence-corrected chi connectivity index (χ2v) is 7.08. The predicted octanol–water partition coefficient (Wildman–Crippen LogP) is 2.69. The van der Waals surface area contributed by atoms with E-state index in [-0.39, 0.29) is 11.9 Å². The molecule has 2 aliphatic rings. The van der Waals surface area contributed by atoms with E-state index >= 15 is 0 Å². The lowest BCUT2D eigenvalue weighted by molar-refractivity contribution is -0.140. The third-order valence-electron chi connectivity index (χ3n) is 4.48. The molecule has 1 atom stereocenters. The predicted molar refractivity (Wildman–Crippen MR) is 95.8 cm³/mol. The number of thioether (sulfide) groups is 1. The minimum Gasteiger partial charge on any atom is -0.469 e. The van der Waals surface area contributed by atoms with Crippen molar-refractivity contribution in [2.24, 2.45) is 5.16 Å². The number of nitrogens with zero attached hydrogens (tertiary/aromatic N) is 2. The van der Waals surface area contributed by atoms with Crippen LogP contribution in [0.25, 0.3) is 0 Å². The van der Waals surface area contributed by atoms with Crippen molar-refractivity contribution in [3.63, 3.8) is 0 Å². The van der Waals surface area contributed by atoms with E-state index in [0.29, 0.717) is 42.8 Å². The normalized spacial score (nSPS) is 24.9. The maximum atomic E-state index is 12.6. The summed E-state index contributed by atoms with van der Waals surface area (Å²) in [5.74, 6) is 0.412. The van der Waals surface area contributed by atoms with E-state index in [1.165, 1.54) is 7.11 Å². The number of methoxy groups -OCH3 is 1. The largest absolute Gasteiger partial charge is 0.469 e. The molecule has 7 heteroatoms. The topological polar surface area (TPSA) is 79.0 Å². The van der Waals surface area contributed by atoms with Crippen molar-refractivity contribution in [2.75, 3.05) is 19.4 Å². The number of carbonyl (C=O) groups excluding carboxylic acids is 2. The van der Waals surface area contributed by atoms with Gasteiger partial charge in [-0.15, -0.1) is 11.8 Å². The Hall–Kier alpha value is -2.28. The molecule has 2 saturated heterocycles. The Morgan fingerprint density at radius 1 is 1.40 bits per heavy atom. The highest BCUT2D eigenvalue weighted by atomic mass is 32.2. The zero-order chi connectivity index (χ0) is 17.9. The number of carbonyl (C=O) groups is 2. The number of hydrogen-bond donors (Lipinski definition) is 1. The van der Waals surface area contributed by atoms with Gasteiger partial charge in [-0.25, -0.2) is 0 Å². The summed E-state index contributed by atoms with van der Waals surface area (Å²) in [4.78, 5) is 26.4. The van der Waals surface area contributed by atoms with Crippen LogP contribution >= 0.6 is 11.8 Å². The molecule has 1 amide bonds. The summed E-state index contributed by atoms with van der Waals surface area (Å²) >= 11 is 1.59. The molecule has 0 aliphatic carbocycles. The van der Waals surface area contributed by atoms with Gasteiger partial charge < -0.3 is 14.8 Å². The lowest BCUT2D eigenvalue weighted by Gasteiger charge is -2.10. The summed E-state index contributed by atoms with van der Waals surface area (Å²) < 4.78 is 4.62. The van der Waals surface area contributed by atoms with Gasteiger partial charge in [-0.3, -0.25) is 9.59 Å². The second kappa shape index (κ2) is 7.31. The van der Waals surface area contributed by atoms with Crippen molar-refractivity contribution in [3.8, 4) is 0 Å². The number of esters is 1. The summed E-state index contributed by atoms with van der Waals surface area (Å²) in [6.45, 7) is 0.562. The molecule has 1 spiro atoms. The van der Waals surface area contributed by atoms with Crippen LogP contribution in [-0.2, 0) is 9.53 Å². The van der Waals surface area contributed by atoms with Gasteiger partial charge in [0.1, 0.15) is 11.3 Å². The van der Waals surface area contributed by atoms with Crippen molar-refractivity contribution in [3.05, 3.63) is 46.9 Å². The summed E-state index contributed by atoms with van der Waals surface area (Å²) in [7, 11) is 1.37. The van der Waals surface area contributed by atoms with E-state index in [1.54, 1.807) is 28.8 Å². The molecule has 1 aromatic carbocycles.